The number of carboxylic acids is 1. The molecule has 1 aromatic carbocycles. The van der Waals surface area contributed by atoms with E-state index in [1.807, 2.05) is 12.1 Å². The number of piperidine rings is 1. The number of benzene rings is 1. The van der Waals surface area contributed by atoms with Crippen molar-refractivity contribution in [3.05, 3.63) is 59.4 Å². The molecule has 3 rings (SSSR count). The van der Waals surface area contributed by atoms with Crippen LogP contribution in [0.25, 0.3) is 0 Å². The summed E-state index contributed by atoms with van der Waals surface area (Å²) in [5.41, 5.74) is 0.479. The third-order valence-corrected chi connectivity index (χ3v) is 7.78. The first-order chi connectivity index (χ1) is 15.5. The molecule has 0 spiro atoms. The summed E-state index contributed by atoms with van der Waals surface area (Å²) in [5, 5.41) is 9.22. The van der Waals surface area contributed by atoms with Crippen LogP contribution < -0.4 is 0 Å². The van der Waals surface area contributed by atoms with E-state index in [-0.39, 0.29) is 34.2 Å². The third kappa shape index (κ3) is 5.78. The standard InChI is InChI=1S/C24H30N2O6S/c1-24(2,3)17-9-11-19(12-10-17)33(30,31)26-15-5-4-7-18(26)13-16-32-23(29)21-20(22(27)28)8-6-14-25-21/h6,8-12,14,18H,4-5,7,13,15-16H2,1-3H3,(H,27,28)/t18-/m0/s1. The summed E-state index contributed by atoms with van der Waals surface area (Å²) in [4.78, 5) is 27.7. The molecule has 178 valence electrons. The van der Waals surface area contributed by atoms with E-state index in [2.05, 4.69) is 25.8 Å². The van der Waals surface area contributed by atoms with Gasteiger partial charge in [0.05, 0.1) is 17.1 Å². The van der Waals surface area contributed by atoms with Crippen LogP contribution in [0.5, 0.6) is 0 Å². The van der Waals surface area contributed by atoms with Gasteiger partial charge in [-0.2, -0.15) is 4.31 Å². The summed E-state index contributed by atoms with van der Waals surface area (Å²) >= 11 is 0. The average molecular weight is 475 g/mol. The van der Waals surface area contributed by atoms with Gasteiger partial charge in [0.1, 0.15) is 0 Å². The molecule has 0 amide bonds. The highest BCUT2D eigenvalue weighted by Crippen LogP contribution is 2.29. The Morgan fingerprint density at radius 1 is 1.15 bits per heavy atom. The number of rotatable bonds is 7. The fourth-order valence-electron chi connectivity index (χ4n) is 3.94. The van der Waals surface area contributed by atoms with Crippen LogP contribution in [0.15, 0.2) is 47.5 Å². The molecule has 1 aromatic heterocycles. The number of pyridine rings is 1. The molecule has 2 aromatic rings. The number of carboxylic acid groups (broad SMARTS) is 1. The van der Waals surface area contributed by atoms with Gasteiger partial charge in [0.15, 0.2) is 5.69 Å². The second-order valence-corrected chi connectivity index (χ2v) is 11.1. The maximum atomic E-state index is 13.3. The lowest BCUT2D eigenvalue weighted by Gasteiger charge is -2.34. The van der Waals surface area contributed by atoms with Crippen molar-refractivity contribution in [2.24, 2.45) is 0 Å². The minimum atomic E-state index is -3.69. The third-order valence-electron chi connectivity index (χ3n) is 5.82. The van der Waals surface area contributed by atoms with E-state index in [9.17, 15) is 23.1 Å². The van der Waals surface area contributed by atoms with Gasteiger partial charge in [-0.15, -0.1) is 0 Å². The van der Waals surface area contributed by atoms with Crippen LogP contribution in [0.3, 0.4) is 0 Å². The number of carbonyl (C=O) groups is 2. The molecule has 9 heteroatoms. The van der Waals surface area contributed by atoms with Gasteiger partial charge in [0.2, 0.25) is 10.0 Å². The van der Waals surface area contributed by atoms with Crippen molar-refractivity contribution in [2.45, 2.75) is 62.8 Å². The van der Waals surface area contributed by atoms with E-state index < -0.39 is 22.0 Å². The lowest BCUT2D eigenvalue weighted by atomic mass is 9.87. The van der Waals surface area contributed by atoms with Gasteiger partial charge in [-0.25, -0.2) is 23.0 Å². The summed E-state index contributed by atoms with van der Waals surface area (Å²) in [7, 11) is -3.69. The minimum Gasteiger partial charge on any atom is -0.478 e. The monoisotopic (exact) mass is 474 g/mol. The van der Waals surface area contributed by atoms with Crippen LogP contribution >= 0.6 is 0 Å². The first-order valence-corrected chi connectivity index (χ1v) is 12.4. The zero-order valence-corrected chi connectivity index (χ0v) is 20.0. The molecular formula is C24H30N2O6S. The lowest BCUT2D eigenvalue weighted by molar-refractivity contribution is 0.0453. The van der Waals surface area contributed by atoms with Crippen molar-refractivity contribution >= 4 is 22.0 Å². The molecular weight excluding hydrogens is 444 g/mol. The molecule has 1 fully saturated rings. The molecule has 1 aliphatic rings. The number of hydrogen-bond donors (Lipinski definition) is 1. The van der Waals surface area contributed by atoms with Crippen molar-refractivity contribution < 1.29 is 27.9 Å². The lowest BCUT2D eigenvalue weighted by Crippen LogP contribution is -2.44. The van der Waals surface area contributed by atoms with E-state index in [0.717, 1.165) is 18.4 Å². The molecule has 1 aliphatic heterocycles. The molecule has 0 bridgehead atoms. The number of aromatic carboxylic acids is 1. The van der Waals surface area contributed by atoms with E-state index in [1.54, 1.807) is 12.1 Å². The van der Waals surface area contributed by atoms with Crippen LogP contribution in [0.4, 0.5) is 0 Å². The van der Waals surface area contributed by atoms with Gasteiger partial charge in [0, 0.05) is 18.8 Å². The molecule has 0 radical (unpaired) electrons. The van der Waals surface area contributed by atoms with Crippen LogP contribution in [0, 0.1) is 0 Å². The Labute approximate surface area is 194 Å². The van der Waals surface area contributed by atoms with E-state index in [0.29, 0.717) is 19.4 Å². The molecule has 0 saturated carbocycles. The molecule has 33 heavy (non-hydrogen) atoms. The van der Waals surface area contributed by atoms with Crippen molar-refractivity contribution in [1.82, 2.24) is 9.29 Å². The number of hydrogen-bond acceptors (Lipinski definition) is 6. The Balaban J connectivity index is 1.69. The van der Waals surface area contributed by atoms with Crippen LogP contribution in [0.2, 0.25) is 0 Å². The number of aromatic nitrogens is 1. The number of ether oxygens (including phenoxy) is 1. The van der Waals surface area contributed by atoms with E-state index >= 15 is 0 Å². The Bertz CT molecular complexity index is 1110. The second kappa shape index (κ2) is 10.0. The number of sulfonamides is 1. The van der Waals surface area contributed by atoms with Gasteiger partial charge >= 0.3 is 11.9 Å². The van der Waals surface area contributed by atoms with Gasteiger partial charge in [-0.05, 0) is 54.5 Å². The summed E-state index contributed by atoms with van der Waals surface area (Å²) in [5.74, 6) is -2.10. The van der Waals surface area contributed by atoms with E-state index in [1.165, 1.54) is 22.6 Å². The highest BCUT2D eigenvalue weighted by molar-refractivity contribution is 7.89. The summed E-state index contributed by atoms with van der Waals surface area (Å²) < 4.78 is 33.4. The summed E-state index contributed by atoms with van der Waals surface area (Å²) in [6.45, 7) is 6.59. The molecule has 1 atom stereocenters. The Kier molecular flexibility index (Phi) is 7.54. The highest BCUT2D eigenvalue weighted by Gasteiger charge is 2.34. The second-order valence-electron chi connectivity index (χ2n) is 9.17. The molecule has 2 heterocycles. The maximum absolute atomic E-state index is 13.3. The fourth-order valence-corrected chi connectivity index (χ4v) is 5.66. The SMILES string of the molecule is CC(C)(C)c1ccc(S(=O)(=O)N2CCCC[C@H]2CCOC(=O)c2ncccc2C(=O)O)cc1. The first-order valence-electron chi connectivity index (χ1n) is 11.0. The smallest absolute Gasteiger partial charge is 0.357 e. The molecule has 0 aliphatic carbocycles. The van der Waals surface area contributed by atoms with Crippen molar-refractivity contribution in [1.29, 1.82) is 0 Å². The Morgan fingerprint density at radius 3 is 2.48 bits per heavy atom. The van der Waals surface area contributed by atoms with Gasteiger partial charge in [-0.3, -0.25) is 0 Å². The van der Waals surface area contributed by atoms with Crippen molar-refractivity contribution in [2.75, 3.05) is 13.2 Å². The van der Waals surface area contributed by atoms with Gasteiger partial charge in [-0.1, -0.05) is 39.3 Å². The summed E-state index contributed by atoms with van der Waals surface area (Å²) in [6.07, 6.45) is 3.97. The molecule has 8 nitrogen and oxygen atoms in total. The predicted octanol–water partition coefficient (Wildman–Crippen LogP) is 3.87. The summed E-state index contributed by atoms with van der Waals surface area (Å²) in [6, 6.07) is 9.40. The molecule has 0 unspecified atom stereocenters. The Hall–Kier alpha value is -2.78. The van der Waals surface area contributed by atoms with Crippen LogP contribution in [0.1, 0.15) is 72.9 Å². The van der Waals surface area contributed by atoms with Crippen molar-refractivity contribution in [3.63, 3.8) is 0 Å². The number of esters is 1. The van der Waals surface area contributed by atoms with Crippen LogP contribution in [-0.4, -0.2) is 53.9 Å². The normalized spacial score (nSPS) is 17.5. The Morgan fingerprint density at radius 2 is 1.85 bits per heavy atom. The average Bonchev–Trinajstić information content (AvgIpc) is 2.78. The number of nitrogens with zero attached hydrogens (tertiary/aromatic N) is 2. The van der Waals surface area contributed by atoms with Gasteiger partial charge < -0.3 is 9.84 Å². The largest absolute Gasteiger partial charge is 0.478 e. The topological polar surface area (TPSA) is 114 Å². The zero-order chi connectivity index (χ0) is 24.2. The van der Waals surface area contributed by atoms with E-state index in [4.69, 9.17) is 4.74 Å². The maximum Gasteiger partial charge on any atom is 0.357 e. The zero-order valence-electron chi connectivity index (χ0n) is 19.2. The van der Waals surface area contributed by atoms with Crippen LogP contribution in [-0.2, 0) is 20.2 Å². The highest BCUT2D eigenvalue weighted by atomic mass is 32.2. The minimum absolute atomic E-state index is 0.0336. The van der Waals surface area contributed by atoms with Crippen molar-refractivity contribution in [3.8, 4) is 0 Å². The first kappa shape index (κ1) is 24.9. The fraction of sp³-hybridized carbons (Fsp3) is 0.458. The van der Waals surface area contributed by atoms with Gasteiger partial charge in [0.25, 0.3) is 0 Å². The molecule has 1 saturated heterocycles. The predicted molar refractivity (Wildman–Crippen MR) is 123 cm³/mol. The number of carbonyl (C=O) groups excluding carboxylic acids is 1. The quantitative estimate of drug-likeness (QED) is 0.606. The molecule has 1 N–H and O–H groups in total.